The standard InChI is InChI=1S/C27H24BrCl2FN4O4/c1-14(2)35-24(23(26(37)38)33-27(35)28)22(16-6-9-19(30)20(31)10-16)32-21-11-17(29)13-34(25(21)36)12-15-4-7-18(39-3)8-5-15/h4-11,13-14,22,32H,12H2,1-3H3,(H,37,38). The number of aromatic nitrogens is 3. The number of pyridine rings is 1. The Morgan fingerprint density at radius 1 is 1.18 bits per heavy atom. The van der Waals surface area contributed by atoms with E-state index in [1.807, 2.05) is 26.0 Å². The van der Waals surface area contributed by atoms with E-state index in [1.54, 1.807) is 29.9 Å². The Balaban J connectivity index is 1.87. The zero-order valence-corrected chi connectivity index (χ0v) is 24.2. The van der Waals surface area contributed by atoms with Crippen molar-refractivity contribution >= 4 is 50.8 Å². The number of rotatable bonds is 9. The van der Waals surface area contributed by atoms with Crippen molar-refractivity contribution in [3.05, 3.63) is 108 Å². The summed E-state index contributed by atoms with van der Waals surface area (Å²) in [4.78, 5) is 30.0. The van der Waals surface area contributed by atoms with E-state index >= 15 is 0 Å². The van der Waals surface area contributed by atoms with Crippen LogP contribution in [0.25, 0.3) is 0 Å². The summed E-state index contributed by atoms with van der Waals surface area (Å²) in [6.07, 6.45) is 1.51. The molecule has 0 fully saturated rings. The first-order chi connectivity index (χ1) is 18.5. The molecule has 2 aromatic carbocycles. The molecule has 0 saturated carbocycles. The van der Waals surface area contributed by atoms with E-state index < -0.39 is 23.4 Å². The van der Waals surface area contributed by atoms with Crippen LogP contribution in [0.3, 0.4) is 0 Å². The van der Waals surface area contributed by atoms with Gasteiger partial charge >= 0.3 is 5.97 Å². The fourth-order valence-corrected chi connectivity index (χ4v) is 5.37. The number of carboxylic acids is 1. The number of methoxy groups -OCH3 is 1. The first-order valence-electron chi connectivity index (χ1n) is 11.8. The number of hydrogen-bond acceptors (Lipinski definition) is 5. The lowest BCUT2D eigenvalue weighted by atomic mass is 10.0. The highest BCUT2D eigenvalue weighted by atomic mass is 79.9. The van der Waals surface area contributed by atoms with Crippen LogP contribution in [0.2, 0.25) is 10.0 Å². The molecule has 0 bridgehead atoms. The van der Waals surface area contributed by atoms with Crippen LogP contribution in [0.1, 0.15) is 53.2 Å². The van der Waals surface area contributed by atoms with Gasteiger partial charge in [-0.15, -0.1) is 0 Å². The number of anilines is 1. The predicted molar refractivity (Wildman–Crippen MR) is 152 cm³/mol. The molecule has 204 valence electrons. The van der Waals surface area contributed by atoms with Crippen LogP contribution < -0.4 is 15.6 Å². The number of hydrogen-bond donors (Lipinski definition) is 2. The summed E-state index contributed by atoms with van der Waals surface area (Å²) in [5.41, 5.74) is 0.782. The third-order valence-corrected chi connectivity index (χ3v) is 7.11. The molecule has 8 nitrogen and oxygen atoms in total. The Labute approximate surface area is 242 Å². The Morgan fingerprint density at radius 2 is 1.87 bits per heavy atom. The van der Waals surface area contributed by atoms with Gasteiger partial charge < -0.3 is 24.3 Å². The van der Waals surface area contributed by atoms with Crippen LogP contribution in [0.5, 0.6) is 5.75 Å². The van der Waals surface area contributed by atoms with E-state index in [1.165, 1.54) is 29.0 Å². The quantitative estimate of drug-likeness (QED) is 0.210. The molecule has 0 radical (unpaired) electrons. The number of imidazole rings is 1. The largest absolute Gasteiger partial charge is 0.497 e. The van der Waals surface area contributed by atoms with Gasteiger partial charge in [0.05, 0.1) is 35.4 Å². The second-order valence-electron chi connectivity index (χ2n) is 8.99. The van der Waals surface area contributed by atoms with Crippen molar-refractivity contribution in [2.75, 3.05) is 12.4 Å². The highest BCUT2D eigenvalue weighted by Crippen LogP contribution is 2.35. The lowest BCUT2D eigenvalue weighted by Crippen LogP contribution is -2.28. The lowest BCUT2D eigenvalue weighted by molar-refractivity contribution is 0.0689. The van der Waals surface area contributed by atoms with Crippen molar-refractivity contribution in [3.8, 4) is 5.75 Å². The van der Waals surface area contributed by atoms with Gasteiger partial charge in [0.2, 0.25) is 0 Å². The average Bonchev–Trinajstić information content (AvgIpc) is 3.24. The third kappa shape index (κ3) is 6.13. The predicted octanol–water partition coefficient (Wildman–Crippen LogP) is 6.79. The van der Waals surface area contributed by atoms with Crippen LogP contribution in [0, 0.1) is 5.82 Å². The molecule has 0 aliphatic heterocycles. The molecular weight excluding hydrogens is 614 g/mol. The summed E-state index contributed by atoms with van der Waals surface area (Å²) in [6.45, 7) is 3.92. The Hall–Kier alpha value is -3.34. The molecular formula is C27H24BrCl2FN4O4. The minimum atomic E-state index is -1.28. The molecule has 0 saturated heterocycles. The highest BCUT2D eigenvalue weighted by molar-refractivity contribution is 9.10. The third-order valence-electron chi connectivity index (χ3n) is 6.04. The summed E-state index contributed by atoms with van der Waals surface area (Å²) in [5.74, 6) is -1.30. The number of halogens is 4. The zero-order chi connectivity index (χ0) is 28.4. The Morgan fingerprint density at radius 3 is 2.46 bits per heavy atom. The maximum absolute atomic E-state index is 14.6. The van der Waals surface area contributed by atoms with Crippen molar-refractivity contribution < 1.29 is 19.0 Å². The van der Waals surface area contributed by atoms with Gasteiger partial charge in [0.15, 0.2) is 10.4 Å². The molecule has 4 rings (SSSR count). The fourth-order valence-electron chi connectivity index (χ4n) is 4.25. The maximum Gasteiger partial charge on any atom is 0.356 e. The van der Waals surface area contributed by atoms with E-state index in [-0.39, 0.29) is 44.4 Å². The SMILES string of the molecule is COc1ccc(Cn2cc(Cl)cc(NC(c3ccc(Cl)c(F)c3)c3c(C(=O)O)nc(Br)n3C(C)C)c2=O)cc1. The van der Waals surface area contributed by atoms with E-state index in [9.17, 15) is 19.1 Å². The summed E-state index contributed by atoms with van der Waals surface area (Å²) in [7, 11) is 1.57. The fraction of sp³-hybridized carbons (Fsp3) is 0.222. The van der Waals surface area contributed by atoms with Crippen molar-refractivity contribution in [2.45, 2.75) is 32.5 Å². The molecule has 0 amide bonds. The van der Waals surface area contributed by atoms with E-state index in [2.05, 4.69) is 26.2 Å². The summed E-state index contributed by atoms with van der Waals surface area (Å²) in [5, 5.41) is 13.3. The second kappa shape index (κ2) is 11.8. The van der Waals surface area contributed by atoms with Gasteiger partial charge in [-0.3, -0.25) is 4.79 Å². The Kier molecular flexibility index (Phi) is 8.68. The van der Waals surface area contributed by atoms with Gasteiger partial charge in [-0.05, 0) is 71.2 Å². The number of benzene rings is 2. The molecule has 4 aromatic rings. The normalized spacial score (nSPS) is 12.0. The molecule has 12 heteroatoms. The second-order valence-corrected chi connectivity index (χ2v) is 10.5. The molecule has 1 unspecified atom stereocenters. The number of nitrogens with one attached hydrogen (secondary N) is 1. The first kappa shape index (κ1) is 28.7. The minimum absolute atomic E-state index is 0.0836. The van der Waals surface area contributed by atoms with Crippen LogP contribution in [-0.2, 0) is 6.54 Å². The molecule has 0 spiro atoms. The van der Waals surface area contributed by atoms with Crippen LogP contribution in [-0.4, -0.2) is 32.3 Å². The van der Waals surface area contributed by atoms with E-state index in [4.69, 9.17) is 27.9 Å². The summed E-state index contributed by atoms with van der Waals surface area (Å²) >= 11 is 15.7. The molecule has 2 heterocycles. The maximum atomic E-state index is 14.6. The molecule has 2 N–H and O–H groups in total. The first-order valence-corrected chi connectivity index (χ1v) is 13.3. The van der Waals surface area contributed by atoms with E-state index in [0.29, 0.717) is 11.3 Å². The smallest absolute Gasteiger partial charge is 0.356 e. The molecule has 0 aliphatic rings. The minimum Gasteiger partial charge on any atom is -0.497 e. The number of nitrogens with zero attached hydrogens (tertiary/aromatic N) is 3. The average molecular weight is 638 g/mol. The van der Waals surface area contributed by atoms with Crippen LogP contribution in [0.15, 0.2) is 64.3 Å². The van der Waals surface area contributed by atoms with Gasteiger partial charge in [0.1, 0.15) is 17.3 Å². The topological polar surface area (TPSA) is 98.4 Å². The summed E-state index contributed by atoms with van der Waals surface area (Å²) < 4.78 is 23.2. The molecule has 39 heavy (non-hydrogen) atoms. The number of ether oxygens (including phenoxy) is 1. The van der Waals surface area contributed by atoms with Gasteiger partial charge in [-0.1, -0.05) is 41.4 Å². The van der Waals surface area contributed by atoms with E-state index in [0.717, 1.165) is 5.56 Å². The molecule has 0 aliphatic carbocycles. The number of carbonyl (C=O) groups is 1. The number of carboxylic acid groups (broad SMARTS) is 1. The van der Waals surface area contributed by atoms with Gasteiger partial charge in [0, 0.05) is 12.2 Å². The van der Waals surface area contributed by atoms with Crippen molar-refractivity contribution in [3.63, 3.8) is 0 Å². The summed E-state index contributed by atoms with van der Waals surface area (Å²) in [6, 6.07) is 11.5. The monoisotopic (exact) mass is 636 g/mol. The van der Waals surface area contributed by atoms with Crippen molar-refractivity contribution in [1.29, 1.82) is 0 Å². The lowest BCUT2D eigenvalue weighted by Gasteiger charge is -2.25. The van der Waals surface area contributed by atoms with Gasteiger partial charge in [0.25, 0.3) is 5.56 Å². The van der Waals surface area contributed by atoms with Gasteiger partial charge in [-0.2, -0.15) is 0 Å². The molecule has 2 aromatic heterocycles. The highest BCUT2D eigenvalue weighted by Gasteiger charge is 2.31. The molecule has 1 atom stereocenters. The van der Waals surface area contributed by atoms with Crippen molar-refractivity contribution in [1.82, 2.24) is 14.1 Å². The van der Waals surface area contributed by atoms with Crippen LogP contribution >= 0.6 is 39.1 Å². The number of aromatic carboxylic acids is 1. The van der Waals surface area contributed by atoms with Gasteiger partial charge in [-0.25, -0.2) is 14.2 Å². The Bertz CT molecular complexity index is 1590. The zero-order valence-electron chi connectivity index (χ0n) is 21.1. The van der Waals surface area contributed by atoms with Crippen LogP contribution in [0.4, 0.5) is 10.1 Å². The van der Waals surface area contributed by atoms with Crippen molar-refractivity contribution in [2.24, 2.45) is 0 Å².